The predicted octanol–water partition coefficient (Wildman–Crippen LogP) is 6.54. The quantitative estimate of drug-likeness (QED) is 0.123. The Hall–Kier alpha value is -3.36. The van der Waals surface area contributed by atoms with Crippen molar-refractivity contribution in [2.24, 2.45) is 0 Å². The van der Waals surface area contributed by atoms with Crippen molar-refractivity contribution in [1.29, 1.82) is 5.26 Å². The van der Waals surface area contributed by atoms with Crippen molar-refractivity contribution in [3.63, 3.8) is 0 Å². The fourth-order valence-electron chi connectivity index (χ4n) is 4.25. The van der Waals surface area contributed by atoms with E-state index in [1.54, 1.807) is 20.1 Å². The van der Waals surface area contributed by atoms with Gasteiger partial charge in [-0.2, -0.15) is 5.26 Å². The lowest BCUT2D eigenvalue weighted by molar-refractivity contribution is -0.112. The number of aryl methyl sites for hydroxylation is 1. The third-order valence-electron chi connectivity index (χ3n) is 6.03. The second kappa shape index (κ2) is 12.9. The molecule has 0 unspecified atom stereocenters. The second-order valence-corrected chi connectivity index (χ2v) is 10.8. The molecule has 0 saturated heterocycles. The van der Waals surface area contributed by atoms with Crippen LogP contribution in [0.5, 0.6) is 11.5 Å². The van der Waals surface area contributed by atoms with E-state index in [0.29, 0.717) is 34.2 Å². The van der Waals surface area contributed by atoms with E-state index in [-0.39, 0.29) is 12.2 Å². The number of fused-ring (bicyclic) bond motifs is 1. The molecule has 1 amide bonds. The van der Waals surface area contributed by atoms with Crippen molar-refractivity contribution in [3.8, 4) is 17.6 Å². The first-order valence-electron chi connectivity index (χ1n) is 12.2. The van der Waals surface area contributed by atoms with Crippen LogP contribution < -0.4 is 14.8 Å². The highest BCUT2D eigenvalue weighted by molar-refractivity contribution is 14.1. The van der Waals surface area contributed by atoms with Crippen molar-refractivity contribution in [1.82, 2.24) is 0 Å². The zero-order valence-electron chi connectivity index (χ0n) is 21.1. The maximum Gasteiger partial charge on any atom is 0.341 e. The van der Waals surface area contributed by atoms with Crippen LogP contribution >= 0.6 is 33.9 Å². The Labute approximate surface area is 239 Å². The Kier molecular flexibility index (Phi) is 9.42. The average molecular weight is 643 g/mol. The van der Waals surface area contributed by atoms with Crippen molar-refractivity contribution in [2.75, 3.05) is 19.0 Å². The lowest BCUT2D eigenvalue weighted by Gasteiger charge is -2.14. The molecule has 0 spiro atoms. The SMILES string of the molecule is CCOC(=O)c1c(NC(=O)C(C#N)=Cc2cc(I)c(OCc3ccccc3)c(OC)c2)sc2c1CCCC2. The molecule has 3 aromatic rings. The lowest BCUT2D eigenvalue weighted by Crippen LogP contribution is -2.16. The minimum atomic E-state index is -0.588. The van der Waals surface area contributed by atoms with Crippen LogP contribution in [0.25, 0.3) is 6.08 Å². The summed E-state index contributed by atoms with van der Waals surface area (Å²) < 4.78 is 17.6. The molecular weight excluding hydrogens is 615 g/mol. The summed E-state index contributed by atoms with van der Waals surface area (Å²) in [7, 11) is 1.54. The Bertz CT molecular complexity index is 1410. The zero-order valence-corrected chi connectivity index (χ0v) is 24.1. The van der Waals surface area contributed by atoms with Crippen molar-refractivity contribution >= 4 is 56.9 Å². The van der Waals surface area contributed by atoms with Gasteiger partial charge in [0.05, 0.1) is 22.9 Å². The Balaban J connectivity index is 1.58. The summed E-state index contributed by atoms with van der Waals surface area (Å²) >= 11 is 3.53. The predicted molar refractivity (Wildman–Crippen MR) is 156 cm³/mol. The van der Waals surface area contributed by atoms with E-state index in [4.69, 9.17) is 14.2 Å². The number of ether oxygens (including phenoxy) is 3. The zero-order chi connectivity index (χ0) is 27.1. The first kappa shape index (κ1) is 27.7. The molecule has 1 aliphatic rings. The van der Waals surface area contributed by atoms with Gasteiger partial charge in [0.15, 0.2) is 11.5 Å². The van der Waals surface area contributed by atoms with Crippen LogP contribution in [-0.2, 0) is 29.0 Å². The summed E-state index contributed by atoms with van der Waals surface area (Å²) in [5.74, 6) is 0.0395. The molecular formula is C29H27IN2O5S. The minimum absolute atomic E-state index is 0.0954. The molecule has 2 aromatic carbocycles. The molecule has 9 heteroatoms. The van der Waals surface area contributed by atoms with Crippen molar-refractivity contribution in [3.05, 3.63) is 78.7 Å². The van der Waals surface area contributed by atoms with Gasteiger partial charge >= 0.3 is 5.97 Å². The number of benzene rings is 2. The van der Waals surface area contributed by atoms with Gasteiger partial charge in [0.2, 0.25) is 0 Å². The van der Waals surface area contributed by atoms with Crippen LogP contribution in [0, 0.1) is 14.9 Å². The fraction of sp³-hybridized carbons (Fsp3) is 0.276. The minimum Gasteiger partial charge on any atom is -0.493 e. The van der Waals surface area contributed by atoms with E-state index in [9.17, 15) is 14.9 Å². The molecule has 0 saturated carbocycles. The molecule has 1 heterocycles. The lowest BCUT2D eigenvalue weighted by atomic mass is 9.95. The number of rotatable bonds is 9. The molecule has 38 heavy (non-hydrogen) atoms. The van der Waals surface area contributed by atoms with E-state index < -0.39 is 11.9 Å². The average Bonchev–Trinajstić information content (AvgIpc) is 3.29. The van der Waals surface area contributed by atoms with Gasteiger partial charge in [-0.05, 0) is 90.1 Å². The Morgan fingerprint density at radius 3 is 2.66 bits per heavy atom. The summed E-state index contributed by atoms with van der Waals surface area (Å²) in [6, 6.07) is 15.3. The maximum absolute atomic E-state index is 13.2. The second-order valence-electron chi connectivity index (χ2n) is 8.57. The first-order chi connectivity index (χ1) is 18.4. The summed E-state index contributed by atoms with van der Waals surface area (Å²) in [6.45, 7) is 2.37. The molecule has 1 aliphatic carbocycles. The van der Waals surface area contributed by atoms with E-state index in [1.165, 1.54) is 17.4 Å². The normalized spacial score (nSPS) is 12.7. The summed E-state index contributed by atoms with van der Waals surface area (Å²) in [5, 5.41) is 13.0. The van der Waals surface area contributed by atoms with E-state index in [2.05, 4.69) is 27.9 Å². The third-order valence-corrected chi connectivity index (χ3v) is 8.04. The number of carbonyl (C=O) groups excluding carboxylic acids is 2. The number of carbonyl (C=O) groups is 2. The highest BCUT2D eigenvalue weighted by Gasteiger charge is 2.28. The number of anilines is 1. The van der Waals surface area contributed by atoms with Gasteiger partial charge in [-0.1, -0.05) is 30.3 Å². The molecule has 4 rings (SSSR count). The molecule has 0 bridgehead atoms. The van der Waals surface area contributed by atoms with Crippen LogP contribution in [0.3, 0.4) is 0 Å². The smallest absolute Gasteiger partial charge is 0.341 e. The number of thiophene rings is 1. The van der Waals surface area contributed by atoms with Gasteiger partial charge in [-0.25, -0.2) is 4.79 Å². The van der Waals surface area contributed by atoms with E-state index in [1.807, 2.05) is 42.5 Å². The number of amides is 1. The number of halogens is 1. The van der Waals surface area contributed by atoms with Crippen molar-refractivity contribution in [2.45, 2.75) is 39.2 Å². The number of hydrogen-bond donors (Lipinski definition) is 1. The van der Waals surface area contributed by atoms with Crippen molar-refractivity contribution < 1.29 is 23.8 Å². The van der Waals surface area contributed by atoms with Crippen LogP contribution in [0.15, 0.2) is 48.0 Å². The standard InChI is InChI=1S/C29H27IN2O5S/c1-3-36-29(34)25-21-11-7-8-12-24(21)38-28(25)32-27(33)20(16-31)13-19-14-22(30)26(23(15-19)35-2)37-17-18-9-5-4-6-10-18/h4-6,9-10,13-15H,3,7-8,11-12,17H2,1-2H3,(H,32,33). The summed E-state index contributed by atoms with van der Waals surface area (Å²) in [6.07, 6.45) is 5.16. The van der Waals surface area contributed by atoms with Gasteiger partial charge < -0.3 is 19.5 Å². The Morgan fingerprint density at radius 2 is 1.95 bits per heavy atom. The molecule has 0 aliphatic heterocycles. The van der Waals surface area contributed by atoms with Crippen LogP contribution in [0.2, 0.25) is 0 Å². The highest BCUT2D eigenvalue weighted by atomic mass is 127. The van der Waals surface area contributed by atoms with Gasteiger partial charge in [0, 0.05) is 4.88 Å². The van der Waals surface area contributed by atoms with Gasteiger partial charge in [0.1, 0.15) is 23.3 Å². The highest BCUT2D eigenvalue weighted by Crippen LogP contribution is 2.39. The number of nitriles is 1. The third kappa shape index (κ3) is 6.37. The van der Waals surface area contributed by atoms with Crippen LogP contribution in [0.4, 0.5) is 5.00 Å². The number of methoxy groups -OCH3 is 1. The molecule has 0 fully saturated rings. The van der Waals surface area contributed by atoms with Gasteiger partial charge in [-0.3, -0.25) is 4.79 Å². The summed E-state index contributed by atoms with van der Waals surface area (Å²) in [4.78, 5) is 27.0. The van der Waals surface area contributed by atoms with Gasteiger partial charge in [0.25, 0.3) is 5.91 Å². The molecule has 0 atom stereocenters. The van der Waals surface area contributed by atoms with Crippen LogP contribution in [0.1, 0.15) is 51.7 Å². The molecule has 1 N–H and O–H groups in total. The topological polar surface area (TPSA) is 97.7 Å². The number of nitrogens with one attached hydrogen (secondary N) is 1. The number of hydrogen-bond acceptors (Lipinski definition) is 7. The monoisotopic (exact) mass is 642 g/mol. The summed E-state index contributed by atoms with van der Waals surface area (Å²) in [5.41, 5.74) is 2.90. The molecule has 7 nitrogen and oxygen atoms in total. The molecule has 1 aromatic heterocycles. The largest absolute Gasteiger partial charge is 0.493 e. The number of nitrogens with zero attached hydrogens (tertiary/aromatic N) is 1. The molecule has 0 radical (unpaired) electrons. The van der Waals surface area contributed by atoms with E-state index >= 15 is 0 Å². The maximum atomic E-state index is 13.2. The first-order valence-corrected chi connectivity index (χ1v) is 14.1. The number of esters is 1. The van der Waals surface area contributed by atoms with E-state index in [0.717, 1.165) is 45.3 Å². The molecule has 196 valence electrons. The fourth-order valence-corrected chi connectivity index (χ4v) is 6.31. The van der Waals surface area contributed by atoms with Gasteiger partial charge in [-0.15, -0.1) is 11.3 Å². The Morgan fingerprint density at radius 1 is 1.18 bits per heavy atom. The van der Waals surface area contributed by atoms with Crippen LogP contribution in [-0.4, -0.2) is 25.6 Å².